The minimum absolute atomic E-state index is 0.123. The molecule has 0 aromatic heterocycles. The summed E-state index contributed by atoms with van der Waals surface area (Å²) in [4.78, 5) is 25.3. The zero-order valence-corrected chi connectivity index (χ0v) is 16.4. The highest BCUT2D eigenvalue weighted by molar-refractivity contribution is 6.62. The number of hydrogen-bond acceptors (Lipinski definition) is 7. The summed E-state index contributed by atoms with van der Waals surface area (Å²) in [6.45, 7) is 6.01. The molecule has 1 aromatic carbocycles. The van der Waals surface area contributed by atoms with Crippen molar-refractivity contribution in [3.8, 4) is 0 Å². The average molecular weight is 391 g/mol. The average Bonchev–Trinajstić information content (AvgIpc) is 3.24. The number of hydrogen-bond donors (Lipinski definition) is 3. The van der Waals surface area contributed by atoms with Crippen molar-refractivity contribution in [1.29, 1.82) is 0 Å². The van der Waals surface area contributed by atoms with Crippen molar-refractivity contribution in [3.63, 3.8) is 0 Å². The molecule has 152 valence electrons. The van der Waals surface area contributed by atoms with Gasteiger partial charge in [0.25, 0.3) is 5.91 Å². The number of carbonyl (C=O) groups excluding carboxylic acids is 2. The van der Waals surface area contributed by atoms with Gasteiger partial charge in [-0.2, -0.15) is 0 Å². The minimum Gasteiger partial charge on any atom is -0.461 e. The van der Waals surface area contributed by atoms with E-state index in [1.807, 2.05) is 0 Å². The van der Waals surface area contributed by atoms with Crippen molar-refractivity contribution in [3.05, 3.63) is 28.8 Å². The fraction of sp³-hybridized carbons (Fsp3) is 0.579. The number of ether oxygens (including phenoxy) is 2. The lowest BCUT2D eigenvalue weighted by molar-refractivity contribution is -0.154. The second-order valence-electron chi connectivity index (χ2n) is 7.80. The molecule has 0 spiro atoms. The normalized spacial score (nSPS) is 22.3. The third-order valence-electron chi connectivity index (χ3n) is 5.27. The molecular formula is C19H26BNO7. The van der Waals surface area contributed by atoms with Crippen LogP contribution >= 0.6 is 0 Å². The number of esters is 1. The van der Waals surface area contributed by atoms with Crippen LogP contribution in [0, 0.1) is 12.8 Å². The smallest absolute Gasteiger partial charge is 0.461 e. The van der Waals surface area contributed by atoms with Crippen molar-refractivity contribution in [2.24, 2.45) is 5.92 Å². The Morgan fingerprint density at radius 3 is 2.79 bits per heavy atom. The summed E-state index contributed by atoms with van der Waals surface area (Å²) in [5.41, 5.74) is 1.25. The summed E-state index contributed by atoms with van der Waals surface area (Å²) in [6.07, 6.45) is 0.400. The first-order valence-electron chi connectivity index (χ1n) is 9.41. The van der Waals surface area contributed by atoms with Gasteiger partial charge in [0.2, 0.25) is 0 Å². The Hall–Kier alpha value is -1.94. The van der Waals surface area contributed by atoms with Crippen molar-refractivity contribution < 1.29 is 33.8 Å². The molecule has 2 aliphatic heterocycles. The molecular weight excluding hydrogens is 365 g/mol. The lowest BCUT2D eigenvalue weighted by atomic mass is 9.75. The topological polar surface area (TPSA) is 114 Å². The summed E-state index contributed by atoms with van der Waals surface area (Å²) in [6, 6.07) is 2.53. The highest BCUT2D eigenvalue weighted by Crippen LogP contribution is 2.20. The molecule has 28 heavy (non-hydrogen) atoms. The highest BCUT2D eigenvalue weighted by atomic mass is 16.6. The van der Waals surface area contributed by atoms with Crippen LogP contribution in [-0.2, 0) is 25.5 Å². The van der Waals surface area contributed by atoms with Gasteiger partial charge in [0.1, 0.15) is 18.2 Å². The van der Waals surface area contributed by atoms with Crippen molar-refractivity contribution >= 4 is 24.5 Å². The molecule has 2 heterocycles. The van der Waals surface area contributed by atoms with E-state index in [1.165, 1.54) is 0 Å². The van der Waals surface area contributed by atoms with Gasteiger partial charge in [-0.1, -0.05) is 19.9 Å². The zero-order chi connectivity index (χ0) is 20.5. The SMILES string of the molecule is Cc1c(C(=O)N[C@H](C(=O)OCC2(O)CCOC2)C(C)C)ccc2c1B(O)OC2. The third-order valence-corrected chi connectivity index (χ3v) is 5.27. The Morgan fingerprint density at radius 1 is 1.39 bits per heavy atom. The number of fused-ring (bicyclic) bond motifs is 1. The fourth-order valence-corrected chi connectivity index (χ4v) is 3.47. The van der Waals surface area contributed by atoms with Crippen LogP contribution in [-0.4, -0.2) is 60.6 Å². The Morgan fingerprint density at radius 2 is 2.14 bits per heavy atom. The van der Waals surface area contributed by atoms with Gasteiger partial charge in [0.05, 0.1) is 13.2 Å². The maximum atomic E-state index is 12.8. The van der Waals surface area contributed by atoms with E-state index in [9.17, 15) is 19.7 Å². The van der Waals surface area contributed by atoms with E-state index >= 15 is 0 Å². The zero-order valence-electron chi connectivity index (χ0n) is 16.4. The maximum Gasteiger partial charge on any atom is 0.492 e. The second kappa shape index (κ2) is 8.20. The van der Waals surface area contributed by atoms with Gasteiger partial charge < -0.3 is 29.6 Å². The van der Waals surface area contributed by atoms with Gasteiger partial charge in [-0.25, -0.2) is 4.79 Å². The Kier molecular flexibility index (Phi) is 6.09. The first-order chi connectivity index (χ1) is 13.2. The molecule has 1 amide bonds. The molecule has 3 rings (SSSR count). The van der Waals surface area contributed by atoms with Crippen LogP contribution in [0.25, 0.3) is 0 Å². The third kappa shape index (κ3) is 4.22. The lowest BCUT2D eigenvalue weighted by Gasteiger charge is -2.25. The molecule has 8 nitrogen and oxygen atoms in total. The first-order valence-corrected chi connectivity index (χ1v) is 9.41. The van der Waals surface area contributed by atoms with E-state index in [1.54, 1.807) is 32.9 Å². The molecule has 1 saturated heterocycles. The molecule has 0 saturated carbocycles. The Bertz CT molecular complexity index is 761. The van der Waals surface area contributed by atoms with Gasteiger partial charge in [-0.05, 0) is 35.5 Å². The van der Waals surface area contributed by atoms with E-state index in [4.69, 9.17) is 14.1 Å². The Labute approximate surface area is 164 Å². The number of amides is 1. The van der Waals surface area contributed by atoms with Crippen LogP contribution in [0.3, 0.4) is 0 Å². The van der Waals surface area contributed by atoms with Crippen molar-refractivity contribution in [2.75, 3.05) is 19.8 Å². The van der Waals surface area contributed by atoms with E-state index in [0.29, 0.717) is 36.2 Å². The van der Waals surface area contributed by atoms with Crippen LogP contribution in [0.15, 0.2) is 12.1 Å². The van der Waals surface area contributed by atoms with Crippen LogP contribution in [0.2, 0.25) is 0 Å². The van der Waals surface area contributed by atoms with Crippen LogP contribution in [0.5, 0.6) is 0 Å². The standard InChI is InChI=1S/C19H26BNO7/c1-11(2)16(18(23)27-10-19(24)6-7-26-9-19)21-17(22)14-5-4-13-8-28-20(25)15(13)12(14)3/h4-5,11,16,24-25H,6-10H2,1-3H3,(H,21,22)/t16-,19?/m0/s1. The number of nitrogens with one attached hydrogen (secondary N) is 1. The van der Waals surface area contributed by atoms with Gasteiger partial charge in [-0.15, -0.1) is 0 Å². The summed E-state index contributed by atoms with van der Waals surface area (Å²) in [7, 11) is -1.05. The van der Waals surface area contributed by atoms with E-state index in [0.717, 1.165) is 5.56 Å². The predicted octanol–water partition coefficient (Wildman–Crippen LogP) is -0.338. The quantitative estimate of drug-likeness (QED) is 0.449. The first kappa shape index (κ1) is 20.8. The molecule has 1 fully saturated rings. The number of aliphatic hydroxyl groups is 1. The van der Waals surface area contributed by atoms with Gasteiger partial charge >= 0.3 is 13.1 Å². The summed E-state index contributed by atoms with van der Waals surface area (Å²) in [5.74, 6) is -1.25. The van der Waals surface area contributed by atoms with Gasteiger partial charge in [0.15, 0.2) is 0 Å². The summed E-state index contributed by atoms with van der Waals surface area (Å²) >= 11 is 0. The highest BCUT2D eigenvalue weighted by Gasteiger charge is 2.36. The van der Waals surface area contributed by atoms with Crippen molar-refractivity contribution in [1.82, 2.24) is 5.32 Å². The molecule has 0 aliphatic carbocycles. The van der Waals surface area contributed by atoms with E-state index in [-0.39, 0.29) is 19.1 Å². The van der Waals surface area contributed by atoms with Gasteiger partial charge in [0, 0.05) is 18.6 Å². The lowest BCUT2D eigenvalue weighted by Crippen LogP contribution is -2.47. The van der Waals surface area contributed by atoms with Gasteiger partial charge in [-0.3, -0.25) is 4.79 Å². The summed E-state index contributed by atoms with van der Waals surface area (Å²) in [5, 5.41) is 22.9. The molecule has 3 N–H and O–H groups in total. The maximum absolute atomic E-state index is 12.8. The van der Waals surface area contributed by atoms with Crippen LogP contribution in [0.1, 0.15) is 41.8 Å². The second-order valence-corrected chi connectivity index (χ2v) is 7.80. The number of rotatable bonds is 6. The number of benzene rings is 1. The molecule has 0 bridgehead atoms. The summed E-state index contributed by atoms with van der Waals surface area (Å²) < 4.78 is 15.6. The Balaban J connectivity index is 1.69. The molecule has 1 aromatic rings. The predicted molar refractivity (Wildman–Crippen MR) is 101 cm³/mol. The van der Waals surface area contributed by atoms with Crippen LogP contribution in [0.4, 0.5) is 0 Å². The van der Waals surface area contributed by atoms with E-state index < -0.39 is 30.6 Å². The minimum atomic E-state index is -1.17. The molecule has 2 aliphatic rings. The van der Waals surface area contributed by atoms with E-state index in [2.05, 4.69) is 5.32 Å². The molecule has 1 unspecified atom stereocenters. The van der Waals surface area contributed by atoms with Crippen LogP contribution < -0.4 is 10.8 Å². The monoisotopic (exact) mass is 391 g/mol. The molecule has 0 radical (unpaired) electrons. The largest absolute Gasteiger partial charge is 0.492 e. The molecule has 2 atom stereocenters. The number of carbonyl (C=O) groups is 2. The molecule has 9 heteroatoms. The fourth-order valence-electron chi connectivity index (χ4n) is 3.47. The van der Waals surface area contributed by atoms with Crippen molar-refractivity contribution in [2.45, 2.75) is 45.4 Å².